The second-order valence-electron chi connectivity index (χ2n) is 7.69. The molecule has 0 radical (unpaired) electrons. The number of hydrogen-bond donors (Lipinski definition) is 1. The van der Waals surface area contributed by atoms with Gasteiger partial charge in [-0.1, -0.05) is 18.2 Å². The molecular formula is C22H23N5O4S2. The first kappa shape index (κ1) is 23.0. The highest BCUT2D eigenvalue weighted by molar-refractivity contribution is 8.00. The summed E-state index contributed by atoms with van der Waals surface area (Å²) in [6, 6.07) is 16.2. The number of hydrogen-bond acceptors (Lipinski definition) is 9. The van der Waals surface area contributed by atoms with Crippen molar-refractivity contribution >= 4 is 44.6 Å². The molecule has 2 aromatic carbocycles. The first-order chi connectivity index (χ1) is 15.8. The Morgan fingerprint density at radius 1 is 1.06 bits per heavy atom. The van der Waals surface area contributed by atoms with Gasteiger partial charge in [0.2, 0.25) is 11.6 Å². The minimum absolute atomic E-state index is 0.0675. The van der Waals surface area contributed by atoms with E-state index in [1.807, 2.05) is 34.9 Å². The molecule has 2 heterocycles. The summed E-state index contributed by atoms with van der Waals surface area (Å²) in [7, 11) is -3.33. The van der Waals surface area contributed by atoms with E-state index in [9.17, 15) is 18.5 Å². The molecule has 0 aliphatic carbocycles. The number of aromatic nitrogens is 2. The topological polar surface area (TPSA) is 118 Å². The summed E-state index contributed by atoms with van der Waals surface area (Å²) in [4.78, 5) is 23.1. The van der Waals surface area contributed by atoms with Crippen molar-refractivity contribution in [2.24, 2.45) is 0 Å². The lowest BCUT2D eigenvalue weighted by atomic mass is 10.1. The van der Waals surface area contributed by atoms with E-state index >= 15 is 0 Å². The molecule has 172 valence electrons. The van der Waals surface area contributed by atoms with Crippen molar-refractivity contribution in [2.45, 2.75) is 27.9 Å². The highest BCUT2D eigenvalue weighted by Crippen LogP contribution is 2.37. The van der Waals surface area contributed by atoms with Crippen molar-refractivity contribution in [1.82, 2.24) is 9.97 Å². The second-order valence-corrected chi connectivity index (χ2v) is 11.1. The van der Waals surface area contributed by atoms with Crippen LogP contribution in [-0.2, 0) is 9.84 Å². The fraction of sp³-hybridized carbons (Fsp3) is 0.273. The quantitative estimate of drug-likeness (QED) is 0.386. The number of rotatable bonds is 7. The van der Waals surface area contributed by atoms with Crippen molar-refractivity contribution in [3.05, 3.63) is 71.0 Å². The first-order valence-corrected chi connectivity index (χ1v) is 13.1. The molecule has 33 heavy (non-hydrogen) atoms. The highest BCUT2D eigenvalue weighted by atomic mass is 32.2. The van der Waals surface area contributed by atoms with Gasteiger partial charge in [0.15, 0.2) is 9.84 Å². The predicted molar refractivity (Wildman–Crippen MR) is 129 cm³/mol. The van der Waals surface area contributed by atoms with E-state index in [4.69, 9.17) is 0 Å². The van der Waals surface area contributed by atoms with Gasteiger partial charge in [-0.05, 0) is 49.2 Å². The van der Waals surface area contributed by atoms with Gasteiger partial charge >= 0.3 is 5.69 Å². The molecule has 0 atom stereocenters. The Balaban J connectivity index is 1.50. The van der Waals surface area contributed by atoms with Crippen molar-refractivity contribution in [1.29, 1.82) is 0 Å². The van der Waals surface area contributed by atoms with Gasteiger partial charge in [-0.15, -0.1) is 11.8 Å². The number of piperidine rings is 1. The van der Waals surface area contributed by atoms with Crippen LogP contribution in [0.4, 0.5) is 23.0 Å². The van der Waals surface area contributed by atoms with Crippen molar-refractivity contribution in [2.75, 3.05) is 29.6 Å². The zero-order valence-electron chi connectivity index (χ0n) is 17.9. The minimum Gasteiger partial charge on any atom is -0.351 e. The molecule has 9 nitrogen and oxygen atoms in total. The second kappa shape index (κ2) is 9.75. The Labute approximate surface area is 196 Å². The van der Waals surface area contributed by atoms with E-state index in [2.05, 4.69) is 27.4 Å². The van der Waals surface area contributed by atoms with Gasteiger partial charge < -0.3 is 10.2 Å². The Bertz CT molecular complexity index is 1230. The van der Waals surface area contributed by atoms with Crippen LogP contribution >= 0.6 is 11.8 Å². The van der Waals surface area contributed by atoms with E-state index in [1.54, 1.807) is 12.1 Å². The molecule has 0 bridgehead atoms. The summed E-state index contributed by atoms with van der Waals surface area (Å²) in [6.07, 6.45) is 4.20. The van der Waals surface area contributed by atoms with Crippen LogP contribution in [0.5, 0.6) is 0 Å². The lowest BCUT2D eigenvalue weighted by Gasteiger charge is -2.32. The maximum atomic E-state index is 11.9. The smallest absolute Gasteiger partial charge is 0.351 e. The lowest BCUT2D eigenvalue weighted by Crippen LogP contribution is -2.35. The maximum absolute atomic E-state index is 11.9. The van der Waals surface area contributed by atoms with E-state index in [-0.39, 0.29) is 22.2 Å². The lowest BCUT2D eigenvalue weighted by molar-refractivity contribution is -0.383. The molecule has 0 unspecified atom stereocenters. The Kier molecular flexibility index (Phi) is 6.80. The van der Waals surface area contributed by atoms with Crippen molar-refractivity contribution in [3.63, 3.8) is 0 Å². The summed E-state index contributed by atoms with van der Waals surface area (Å²) >= 11 is 1.83. The van der Waals surface area contributed by atoms with Crippen LogP contribution in [0.25, 0.3) is 0 Å². The number of nitrogens with zero attached hydrogens (tertiary/aromatic N) is 4. The van der Waals surface area contributed by atoms with Gasteiger partial charge in [-0.2, -0.15) is 0 Å². The van der Waals surface area contributed by atoms with Crippen molar-refractivity contribution < 1.29 is 13.3 Å². The maximum Gasteiger partial charge on any atom is 0.353 e. The molecule has 1 saturated heterocycles. The average Bonchev–Trinajstić information content (AvgIpc) is 2.80. The molecule has 1 fully saturated rings. The Morgan fingerprint density at radius 3 is 2.33 bits per heavy atom. The molecule has 3 aromatic rings. The van der Waals surface area contributed by atoms with E-state index < -0.39 is 14.8 Å². The number of sulfone groups is 1. The van der Waals surface area contributed by atoms with E-state index in [0.29, 0.717) is 24.0 Å². The van der Waals surface area contributed by atoms with Gasteiger partial charge in [0.1, 0.15) is 6.33 Å². The average molecular weight is 486 g/mol. The standard InChI is InChI=1S/C22H23N5O4S2/c1-33(30,31)19-9-7-16(8-10-19)25-21-20(27(28)29)22(24-15-23-21)26-13-11-18(12-14-26)32-17-5-3-2-4-6-17/h2-10,15,18H,11-14H2,1H3,(H,23,24,25). The fourth-order valence-corrected chi connectivity index (χ4v) is 5.44. The summed E-state index contributed by atoms with van der Waals surface area (Å²) in [5.41, 5.74) is 0.298. The molecule has 11 heteroatoms. The molecule has 1 aliphatic heterocycles. The summed E-state index contributed by atoms with van der Waals surface area (Å²) in [6.45, 7) is 1.32. The Hall–Kier alpha value is -3.18. The van der Waals surface area contributed by atoms with Crippen LogP contribution in [0, 0.1) is 10.1 Å². The van der Waals surface area contributed by atoms with Gasteiger partial charge in [0.05, 0.1) is 9.82 Å². The number of benzene rings is 2. The number of nitro groups is 1. The predicted octanol–water partition coefficient (Wildman–Crippen LogP) is 4.29. The van der Waals surface area contributed by atoms with E-state index in [1.165, 1.54) is 23.4 Å². The summed E-state index contributed by atoms with van der Waals surface area (Å²) in [5.74, 6) is 0.353. The SMILES string of the molecule is CS(=O)(=O)c1ccc(Nc2ncnc(N3CCC(Sc4ccccc4)CC3)c2[N+](=O)[O-])cc1. The molecule has 1 aliphatic rings. The zero-order chi connectivity index (χ0) is 23.4. The number of nitrogens with one attached hydrogen (secondary N) is 1. The summed E-state index contributed by atoms with van der Waals surface area (Å²) < 4.78 is 23.3. The summed E-state index contributed by atoms with van der Waals surface area (Å²) in [5, 5.41) is 15.3. The minimum atomic E-state index is -3.33. The third-order valence-electron chi connectivity index (χ3n) is 5.32. The Morgan fingerprint density at radius 2 is 1.73 bits per heavy atom. The van der Waals surface area contributed by atoms with Crippen LogP contribution < -0.4 is 10.2 Å². The van der Waals surface area contributed by atoms with Crippen LogP contribution in [0.1, 0.15) is 12.8 Å². The van der Waals surface area contributed by atoms with Gasteiger partial charge in [0.25, 0.3) is 0 Å². The third-order valence-corrected chi connectivity index (χ3v) is 7.80. The molecule has 0 saturated carbocycles. The molecule has 0 amide bonds. The monoisotopic (exact) mass is 485 g/mol. The van der Waals surface area contributed by atoms with Crippen LogP contribution in [0.2, 0.25) is 0 Å². The normalized spacial score (nSPS) is 14.8. The molecule has 0 spiro atoms. The fourth-order valence-electron chi connectivity index (χ4n) is 3.66. The molecule has 1 aromatic heterocycles. The van der Waals surface area contributed by atoms with Crippen LogP contribution in [0.3, 0.4) is 0 Å². The molecular weight excluding hydrogens is 462 g/mol. The third kappa shape index (κ3) is 5.60. The van der Waals surface area contributed by atoms with Crippen LogP contribution in [-0.4, -0.2) is 47.9 Å². The molecule has 1 N–H and O–H groups in total. The van der Waals surface area contributed by atoms with E-state index in [0.717, 1.165) is 19.1 Å². The van der Waals surface area contributed by atoms with Crippen molar-refractivity contribution in [3.8, 4) is 0 Å². The largest absolute Gasteiger partial charge is 0.353 e. The van der Waals surface area contributed by atoms with Gasteiger partial charge in [-0.3, -0.25) is 10.1 Å². The highest BCUT2D eigenvalue weighted by Gasteiger charge is 2.30. The zero-order valence-corrected chi connectivity index (χ0v) is 19.6. The number of anilines is 3. The number of thioether (sulfide) groups is 1. The van der Waals surface area contributed by atoms with Gasteiger partial charge in [0, 0.05) is 35.2 Å². The van der Waals surface area contributed by atoms with Gasteiger partial charge in [-0.25, -0.2) is 18.4 Å². The molecule has 4 rings (SSSR count). The first-order valence-electron chi connectivity index (χ1n) is 10.3. The van der Waals surface area contributed by atoms with Crippen LogP contribution in [0.15, 0.2) is 70.7 Å².